The molecule has 1 aromatic carbocycles. The lowest BCUT2D eigenvalue weighted by Crippen LogP contribution is -2.26. The van der Waals surface area contributed by atoms with Crippen LogP contribution in [0.3, 0.4) is 0 Å². The fraction of sp³-hybridized carbons (Fsp3) is 0.455. The lowest BCUT2D eigenvalue weighted by Gasteiger charge is -2.10. The molecule has 0 saturated heterocycles. The van der Waals surface area contributed by atoms with E-state index in [0.29, 0.717) is 6.54 Å². The minimum Gasteiger partial charge on any atom is -0.398 e. The topological polar surface area (TPSA) is 72.2 Å². The Kier molecular flexibility index (Phi) is 6.28. The molecule has 0 saturated carbocycles. The van der Waals surface area contributed by atoms with Gasteiger partial charge in [-0.1, -0.05) is 24.6 Å². The number of hydrogen-bond acceptors (Lipinski definition) is 4. The zero-order valence-corrected chi connectivity index (χ0v) is 12.5. The van der Waals surface area contributed by atoms with Crippen LogP contribution in [0.15, 0.2) is 23.1 Å². The van der Waals surface area contributed by atoms with Gasteiger partial charge in [-0.2, -0.15) is 11.8 Å². The maximum absolute atomic E-state index is 12.0. The van der Waals surface area contributed by atoms with Crippen molar-refractivity contribution in [2.75, 3.05) is 23.8 Å². The minimum atomic E-state index is -3.63. The van der Waals surface area contributed by atoms with Gasteiger partial charge in [-0.3, -0.25) is 0 Å². The number of nitrogen functional groups attached to an aromatic ring is 1. The predicted octanol–water partition coefficient (Wildman–Crippen LogP) is 2.34. The number of thioether (sulfide) groups is 1. The van der Waals surface area contributed by atoms with Crippen molar-refractivity contribution in [3.63, 3.8) is 0 Å². The molecule has 0 unspecified atom stereocenters. The number of sulfonamides is 1. The minimum absolute atomic E-state index is 0.0326. The number of rotatable bonds is 7. The normalized spacial score (nSPS) is 11.7. The smallest absolute Gasteiger partial charge is 0.244 e. The average Bonchev–Trinajstić information content (AvgIpc) is 2.28. The van der Waals surface area contributed by atoms with Crippen LogP contribution in [0, 0.1) is 0 Å². The number of anilines is 1. The van der Waals surface area contributed by atoms with E-state index in [4.69, 9.17) is 17.3 Å². The molecular weight excluding hydrogens is 292 g/mol. The van der Waals surface area contributed by atoms with E-state index in [9.17, 15) is 8.42 Å². The SMILES string of the molecule is CCSCCCNS(=O)(=O)c1c(N)cccc1Cl. The van der Waals surface area contributed by atoms with Gasteiger partial charge in [0, 0.05) is 6.54 Å². The van der Waals surface area contributed by atoms with E-state index in [2.05, 4.69) is 11.6 Å². The second kappa shape index (κ2) is 7.23. The van der Waals surface area contributed by atoms with E-state index < -0.39 is 10.0 Å². The summed E-state index contributed by atoms with van der Waals surface area (Å²) in [5.41, 5.74) is 5.82. The fourth-order valence-electron chi connectivity index (χ4n) is 1.41. The highest BCUT2D eigenvalue weighted by Gasteiger charge is 2.20. The van der Waals surface area contributed by atoms with E-state index in [1.165, 1.54) is 12.1 Å². The number of halogens is 1. The summed E-state index contributed by atoms with van der Waals surface area (Å²) in [6.07, 6.45) is 0.780. The van der Waals surface area contributed by atoms with Crippen molar-refractivity contribution in [1.29, 1.82) is 0 Å². The molecule has 1 rings (SSSR count). The summed E-state index contributed by atoms with van der Waals surface area (Å²) in [5, 5.41) is 0.144. The maximum Gasteiger partial charge on any atom is 0.244 e. The van der Waals surface area contributed by atoms with Gasteiger partial charge in [0.15, 0.2) is 0 Å². The summed E-state index contributed by atoms with van der Waals surface area (Å²) in [5.74, 6) is 1.96. The highest BCUT2D eigenvalue weighted by molar-refractivity contribution is 7.99. The van der Waals surface area contributed by atoms with Gasteiger partial charge >= 0.3 is 0 Å². The van der Waals surface area contributed by atoms with E-state index in [1.807, 2.05) is 0 Å². The van der Waals surface area contributed by atoms with Crippen molar-refractivity contribution in [2.24, 2.45) is 0 Å². The highest BCUT2D eigenvalue weighted by atomic mass is 35.5. The highest BCUT2D eigenvalue weighted by Crippen LogP contribution is 2.26. The third kappa shape index (κ3) is 4.35. The third-order valence-corrected chi connectivity index (χ3v) is 5.22. The van der Waals surface area contributed by atoms with Crippen molar-refractivity contribution in [3.05, 3.63) is 23.2 Å². The Morgan fingerprint density at radius 1 is 1.44 bits per heavy atom. The third-order valence-electron chi connectivity index (χ3n) is 2.23. The summed E-state index contributed by atoms with van der Waals surface area (Å²) in [6.45, 7) is 2.46. The number of benzene rings is 1. The molecule has 0 aliphatic heterocycles. The molecule has 0 aliphatic rings. The van der Waals surface area contributed by atoms with Crippen molar-refractivity contribution >= 4 is 39.1 Å². The van der Waals surface area contributed by atoms with Crippen LogP contribution in [0.2, 0.25) is 5.02 Å². The Hall–Kier alpha value is -0.430. The summed E-state index contributed by atoms with van der Waals surface area (Å²) in [7, 11) is -3.63. The predicted molar refractivity (Wildman–Crippen MR) is 78.7 cm³/mol. The van der Waals surface area contributed by atoms with Gasteiger partial charge in [0.25, 0.3) is 0 Å². The second-order valence-corrected chi connectivity index (χ2v) is 7.11. The molecule has 102 valence electrons. The van der Waals surface area contributed by atoms with E-state index in [-0.39, 0.29) is 15.6 Å². The van der Waals surface area contributed by atoms with Crippen molar-refractivity contribution in [1.82, 2.24) is 4.72 Å². The molecule has 0 amide bonds. The molecule has 1 aromatic rings. The van der Waals surface area contributed by atoms with Gasteiger partial charge in [0.1, 0.15) is 4.90 Å². The van der Waals surface area contributed by atoms with Crippen LogP contribution >= 0.6 is 23.4 Å². The van der Waals surface area contributed by atoms with Crippen molar-refractivity contribution < 1.29 is 8.42 Å². The summed E-state index contributed by atoms with van der Waals surface area (Å²) in [6, 6.07) is 4.65. The molecular formula is C11H17ClN2O2S2. The van der Waals surface area contributed by atoms with E-state index >= 15 is 0 Å². The Bertz CT molecular complexity index is 472. The Labute approximate surface area is 117 Å². The largest absolute Gasteiger partial charge is 0.398 e. The summed E-state index contributed by atoms with van der Waals surface area (Å²) >= 11 is 7.65. The lowest BCUT2D eigenvalue weighted by atomic mass is 10.3. The van der Waals surface area contributed by atoms with Crippen LogP contribution in [-0.2, 0) is 10.0 Å². The van der Waals surface area contributed by atoms with Crippen LogP contribution < -0.4 is 10.5 Å². The first-order valence-corrected chi connectivity index (χ1v) is 8.62. The molecule has 4 nitrogen and oxygen atoms in total. The van der Waals surface area contributed by atoms with Crippen molar-refractivity contribution in [3.8, 4) is 0 Å². The molecule has 0 atom stereocenters. The molecule has 0 bridgehead atoms. The Morgan fingerprint density at radius 3 is 2.78 bits per heavy atom. The van der Waals surface area contributed by atoms with Crippen LogP contribution in [0.5, 0.6) is 0 Å². The first-order valence-electron chi connectivity index (χ1n) is 5.60. The second-order valence-electron chi connectivity index (χ2n) is 3.61. The average molecular weight is 309 g/mol. The van der Waals surface area contributed by atoms with Crippen LogP contribution in [0.1, 0.15) is 13.3 Å². The molecule has 0 aromatic heterocycles. The van der Waals surface area contributed by atoms with Gasteiger partial charge in [-0.25, -0.2) is 13.1 Å². The zero-order chi connectivity index (χ0) is 13.6. The van der Waals surface area contributed by atoms with E-state index in [1.54, 1.807) is 17.8 Å². The van der Waals surface area contributed by atoms with Gasteiger partial charge in [-0.05, 0) is 30.1 Å². The van der Waals surface area contributed by atoms with Gasteiger partial charge < -0.3 is 5.73 Å². The maximum atomic E-state index is 12.0. The Morgan fingerprint density at radius 2 is 2.17 bits per heavy atom. The molecule has 0 spiro atoms. The standard InChI is InChI=1S/C11H17ClN2O2S2/c1-2-17-8-4-7-14-18(15,16)11-9(12)5-3-6-10(11)13/h3,5-6,14H,2,4,7-8,13H2,1H3. The van der Waals surface area contributed by atoms with Gasteiger partial charge in [-0.15, -0.1) is 0 Å². The van der Waals surface area contributed by atoms with Gasteiger partial charge in [0.2, 0.25) is 10.0 Å². The van der Waals surface area contributed by atoms with E-state index in [0.717, 1.165) is 17.9 Å². The van der Waals surface area contributed by atoms with Crippen LogP contribution in [0.25, 0.3) is 0 Å². The number of nitrogens with two attached hydrogens (primary N) is 1. The van der Waals surface area contributed by atoms with Gasteiger partial charge in [0.05, 0.1) is 10.7 Å². The Balaban J connectivity index is 2.69. The number of nitrogens with one attached hydrogen (secondary N) is 1. The fourth-order valence-corrected chi connectivity index (χ4v) is 3.79. The summed E-state index contributed by atoms with van der Waals surface area (Å²) in [4.78, 5) is -0.0326. The zero-order valence-electron chi connectivity index (χ0n) is 10.1. The van der Waals surface area contributed by atoms with Crippen molar-refractivity contribution in [2.45, 2.75) is 18.2 Å². The first-order chi connectivity index (χ1) is 8.49. The lowest BCUT2D eigenvalue weighted by molar-refractivity contribution is 0.581. The quantitative estimate of drug-likeness (QED) is 0.599. The molecule has 0 heterocycles. The molecule has 0 aliphatic carbocycles. The number of hydrogen-bond donors (Lipinski definition) is 2. The first kappa shape index (κ1) is 15.6. The van der Waals surface area contributed by atoms with Crippen LogP contribution in [0.4, 0.5) is 5.69 Å². The summed E-state index contributed by atoms with van der Waals surface area (Å²) < 4.78 is 26.6. The molecule has 0 fully saturated rings. The van der Waals surface area contributed by atoms with Crippen LogP contribution in [-0.4, -0.2) is 26.5 Å². The molecule has 0 radical (unpaired) electrons. The molecule has 3 N–H and O–H groups in total. The monoisotopic (exact) mass is 308 g/mol. The molecule has 7 heteroatoms. The molecule has 18 heavy (non-hydrogen) atoms.